The van der Waals surface area contributed by atoms with E-state index in [2.05, 4.69) is 203 Å². The number of benzene rings is 6. The molecule has 6 nitrogen and oxygen atoms in total. The molecular formula is C69H86O6. The molecule has 0 saturated carbocycles. The van der Waals surface area contributed by atoms with E-state index in [1.165, 1.54) is 0 Å². The smallest absolute Gasteiger partial charge is 0.148 e. The molecule has 0 aromatic heterocycles. The molecule has 0 heterocycles. The van der Waals surface area contributed by atoms with Gasteiger partial charge in [0.05, 0.1) is 0 Å². The third-order valence-corrected chi connectivity index (χ3v) is 15.4. The van der Waals surface area contributed by atoms with Crippen molar-refractivity contribution >= 4 is 0 Å². The second kappa shape index (κ2) is 20.0. The lowest BCUT2D eigenvalue weighted by molar-refractivity contribution is 0.362. The standard InChI is InChI=1S/C69H86O6/c1-20-21-75-63-50-26-48-36-55(67(11,12)13)34-46(61(48)73)24-44-32-53(65(5,6)7)30-42(59(44)71)22-40-28-52(64(2,3)4)29-41(58(40)70)23-43-31-54(66(8,9)10)33-45(60(43)72)25-47-35-56(68(14,15)16)37-49(62(47)74)27-51(63)39-57(38-50)69(17,18)19/h1,28-39,70-74H,21-27H2,2-19H3. The molecule has 0 spiro atoms. The topological polar surface area (TPSA) is 110 Å². The van der Waals surface area contributed by atoms with Crippen molar-refractivity contribution in [1.82, 2.24) is 0 Å². The summed E-state index contributed by atoms with van der Waals surface area (Å²) in [7, 11) is 0. The van der Waals surface area contributed by atoms with Crippen molar-refractivity contribution in [3.05, 3.63) is 173 Å². The van der Waals surface area contributed by atoms with Gasteiger partial charge in [0.15, 0.2) is 0 Å². The van der Waals surface area contributed by atoms with E-state index in [-0.39, 0.29) is 93.5 Å². The Bertz CT molecular complexity index is 3020. The Labute approximate surface area is 450 Å². The highest BCUT2D eigenvalue weighted by Crippen LogP contribution is 2.45. The lowest BCUT2D eigenvalue weighted by atomic mass is 9.79. The van der Waals surface area contributed by atoms with Crippen molar-refractivity contribution in [1.29, 1.82) is 0 Å². The van der Waals surface area contributed by atoms with Crippen LogP contribution in [0.5, 0.6) is 34.5 Å². The molecule has 6 aromatic rings. The zero-order valence-corrected chi connectivity index (χ0v) is 48.6. The van der Waals surface area contributed by atoms with E-state index in [0.717, 1.165) is 44.5 Å². The molecular weight excluding hydrogens is 925 g/mol. The van der Waals surface area contributed by atoms with E-state index in [1.54, 1.807) is 0 Å². The third-order valence-electron chi connectivity index (χ3n) is 15.4. The van der Waals surface area contributed by atoms with Gasteiger partial charge in [-0.2, -0.15) is 0 Å². The Morgan fingerprint density at radius 2 is 0.453 bits per heavy atom. The Morgan fingerprint density at radius 1 is 0.307 bits per heavy atom. The molecule has 398 valence electrons. The summed E-state index contributed by atoms with van der Waals surface area (Å²) >= 11 is 0. The normalized spacial score (nSPS) is 14.0. The minimum Gasteiger partial charge on any atom is -0.507 e. The van der Waals surface area contributed by atoms with Gasteiger partial charge in [-0.05, 0) is 133 Å². The van der Waals surface area contributed by atoms with E-state index in [4.69, 9.17) is 11.2 Å². The van der Waals surface area contributed by atoms with Crippen molar-refractivity contribution < 1.29 is 30.3 Å². The van der Waals surface area contributed by atoms with Crippen LogP contribution in [0.3, 0.4) is 0 Å². The maximum Gasteiger partial charge on any atom is 0.148 e. The fourth-order valence-corrected chi connectivity index (χ4v) is 10.3. The summed E-state index contributed by atoms with van der Waals surface area (Å²) in [4.78, 5) is 0. The van der Waals surface area contributed by atoms with Gasteiger partial charge in [-0.1, -0.05) is 203 Å². The Hall–Kier alpha value is -6.32. The summed E-state index contributed by atoms with van der Waals surface area (Å²) < 4.78 is 6.61. The minimum atomic E-state index is -0.302. The van der Waals surface area contributed by atoms with Crippen LogP contribution in [0.4, 0.5) is 0 Å². The van der Waals surface area contributed by atoms with Gasteiger partial charge in [0, 0.05) is 38.5 Å². The number of hydrogen-bond donors (Lipinski definition) is 5. The molecule has 6 aromatic carbocycles. The number of phenolic OH excluding ortho intramolecular Hbond substituents is 5. The highest BCUT2D eigenvalue weighted by atomic mass is 16.5. The van der Waals surface area contributed by atoms with Gasteiger partial charge in [-0.25, -0.2) is 0 Å². The number of fused-ring (bicyclic) bond motifs is 12. The maximum atomic E-state index is 12.7. The molecule has 12 bridgehead atoms. The summed E-state index contributed by atoms with van der Waals surface area (Å²) in [5.74, 6) is 3.96. The Balaban J connectivity index is 1.61. The molecule has 5 N–H and O–H groups in total. The van der Waals surface area contributed by atoms with Crippen molar-refractivity contribution in [2.75, 3.05) is 6.61 Å². The van der Waals surface area contributed by atoms with Crippen molar-refractivity contribution in [2.45, 2.75) is 196 Å². The van der Waals surface area contributed by atoms with Crippen LogP contribution in [0.25, 0.3) is 0 Å². The van der Waals surface area contributed by atoms with Crippen LogP contribution in [0.1, 0.15) is 225 Å². The zero-order valence-electron chi connectivity index (χ0n) is 48.6. The fourth-order valence-electron chi connectivity index (χ4n) is 10.3. The number of aromatic hydroxyl groups is 5. The number of ether oxygens (including phenoxy) is 1. The van der Waals surface area contributed by atoms with Crippen LogP contribution >= 0.6 is 0 Å². The molecule has 1 aliphatic carbocycles. The second-order valence-corrected chi connectivity index (χ2v) is 27.9. The highest BCUT2D eigenvalue weighted by molar-refractivity contribution is 5.60. The first-order valence-corrected chi connectivity index (χ1v) is 26.9. The SMILES string of the molecule is C#CCOc1c2cc(C(C)(C)C)cc1Cc1cc(C(C)(C)C)cc(c1O)Cc1cc(C(C)(C)C)cc(c1O)Cc1cc(C(C)(C)C)cc(c1O)Cc1cc(C(C)(C)C)cc(c1O)Cc1cc(C(C)(C)C)cc(c1O)C2. The first kappa shape index (κ1) is 56.4. The molecule has 6 heteroatoms. The molecule has 0 atom stereocenters. The zero-order chi connectivity index (χ0) is 55.7. The van der Waals surface area contributed by atoms with E-state index < -0.39 is 0 Å². The molecule has 1 aliphatic rings. The largest absolute Gasteiger partial charge is 0.507 e. The van der Waals surface area contributed by atoms with Gasteiger partial charge in [-0.15, -0.1) is 6.42 Å². The summed E-state index contributed by atoms with van der Waals surface area (Å²) in [6, 6.07) is 25.0. The number of phenols is 5. The van der Waals surface area contributed by atoms with Crippen molar-refractivity contribution in [2.24, 2.45) is 0 Å². The van der Waals surface area contributed by atoms with Crippen LogP contribution in [-0.2, 0) is 71.0 Å². The van der Waals surface area contributed by atoms with Gasteiger partial charge in [0.1, 0.15) is 41.1 Å². The highest BCUT2D eigenvalue weighted by Gasteiger charge is 2.30. The second-order valence-electron chi connectivity index (χ2n) is 27.9. The molecule has 0 radical (unpaired) electrons. The molecule has 75 heavy (non-hydrogen) atoms. The Morgan fingerprint density at radius 3 is 0.600 bits per heavy atom. The average molecular weight is 1010 g/mol. The number of terminal acetylenes is 1. The average Bonchev–Trinajstić information content (AvgIpc) is 3.27. The number of rotatable bonds is 2. The molecule has 7 rings (SSSR count). The van der Waals surface area contributed by atoms with E-state index in [0.29, 0.717) is 74.2 Å². The monoisotopic (exact) mass is 1010 g/mol. The molecule has 0 saturated heterocycles. The van der Waals surface area contributed by atoms with Gasteiger partial charge in [0.25, 0.3) is 0 Å². The summed E-state index contributed by atoms with van der Waals surface area (Å²) in [6.07, 6.45) is 7.54. The van der Waals surface area contributed by atoms with Crippen molar-refractivity contribution in [3.8, 4) is 46.8 Å². The third kappa shape index (κ3) is 12.4. The quantitative estimate of drug-likeness (QED) is 0.110. The molecule has 0 aliphatic heterocycles. The molecule has 0 amide bonds. The summed E-state index contributed by atoms with van der Waals surface area (Å²) in [5.41, 5.74) is 13.0. The van der Waals surface area contributed by atoms with Crippen molar-refractivity contribution in [3.63, 3.8) is 0 Å². The maximum absolute atomic E-state index is 12.7. The first-order chi connectivity index (χ1) is 34.4. The lowest BCUT2D eigenvalue weighted by Gasteiger charge is -2.27. The predicted molar refractivity (Wildman–Crippen MR) is 310 cm³/mol. The van der Waals surface area contributed by atoms with E-state index >= 15 is 0 Å². The van der Waals surface area contributed by atoms with Crippen LogP contribution in [0.2, 0.25) is 0 Å². The lowest BCUT2D eigenvalue weighted by Crippen LogP contribution is -2.16. The predicted octanol–water partition coefficient (Wildman–Crippen LogP) is 15.9. The Kier molecular flexibility index (Phi) is 15.0. The molecule has 0 fully saturated rings. The van der Waals surface area contributed by atoms with Gasteiger partial charge in [-0.3, -0.25) is 0 Å². The van der Waals surface area contributed by atoms with Crippen LogP contribution in [-0.4, -0.2) is 32.1 Å². The fraction of sp³-hybridized carbons (Fsp3) is 0.449. The van der Waals surface area contributed by atoms with E-state index in [1.807, 2.05) is 0 Å². The van der Waals surface area contributed by atoms with Crippen LogP contribution in [0.15, 0.2) is 72.8 Å². The summed E-state index contributed by atoms with van der Waals surface area (Å²) in [6.45, 7) is 39.0. The van der Waals surface area contributed by atoms with Crippen LogP contribution < -0.4 is 4.74 Å². The van der Waals surface area contributed by atoms with Gasteiger partial charge < -0.3 is 30.3 Å². The first-order valence-electron chi connectivity index (χ1n) is 26.9. The number of hydrogen-bond acceptors (Lipinski definition) is 6. The van der Waals surface area contributed by atoms with Gasteiger partial charge >= 0.3 is 0 Å². The summed E-state index contributed by atoms with van der Waals surface area (Å²) in [5, 5.41) is 62.9. The minimum absolute atomic E-state index is 0.0176. The van der Waals surface area contributed by atoms with Gasteiger partial charge in [0.2, 0.25) is 0 Å². The molecule has 0 unspecified atom stereocenters. The van der Waals surface area contributed by atoms with Crippen LogP contribution in [0, 0.1) is 12.3 Å². The van der Waals surface area contributed by atoms with E-state index in [9.17, 15) is 25.5 Å².